The van der Waals surface area contributed by atoms with Crippen molar-refractivity contribution in [3.05, 3.63) is 51.6 Å². The van der Waals surface area contributed by atoms with Gasteiger partial charge in [-0.2, -0.15) is 0 Å². The highest BCUT2D eigenvalue weighted by Crippen LogP contribution is 2.48. The number of benzene rings is 1. The van der Waals surface area contributed by atoms with Crippen LogP contribution in [0.3, 0.4) is 0 Å². The molecule has 3 aromatic heterocycles. The maximum Gasteiger partial charge on any atom is 0.248 e. The average Bonchev–Trinajstić information content (AvgIpc) is 3.37. The average molecular weight is 603 g/mol. The number of nitrogen functional groups attached to an aromatic ring is 1. The van der Waals surface area contributed by atoms with Gasteiger partial charge in [-0.15, -0.1) is 0 Å². The molecule has 4 aromatic rings. The van der Waals surface area contributed by atoms with Crippen molar-refractivity contribution < 1.29 is 14.0 Å². The SMILES string of the molecule is Nc1ncnc2c1c1cc(Br)c(F)cc1n2CC(=O)N1[C@@H]2C[C@@H]2C[C@H]1C(=O)Nc1cccc(Br)n1. The van der Waals surface area contributed by atoms with Crippen molar-refractivity contribution in [2.24, 2.45) is 5.92 Å². The fourth-order valence-corrected chi connectivity index (χ4v) is 5.73. The number of piperidine rings is 1. The summed E-state index contributed by atoms with van der Waals surface area (Å²) in [6, 6.07) is 7.61. The van der Waals surface area contributed by atoms with Gasteiger partial charge in [0.25, 0.3) is 0 Å². The van der Waals surface area contributed by atoms with Crippen molar-refractivity contribution in [3.8, 4) is 0 Å². The number of carbonyl (C=O) groups is 2. The number of carbonyl (C=O) groups excluding carboxylic acids is 2. The molecule has 12 heteroatoms. The summed E-state index contributed by atoms with van der Waals surface area (Å²) in [7, 11) is 0. The molecule has 0 bridgehead atoms. The van der Waals surface area contributed by atoms with Gasteiger partial charge in [-0.3, -0.25) is 9.59 Å². The first kappa shape index (κ1) is 22.4. The van der Waals surface area contributed by atoms with Gasteiger partial charge in [0.05, 0.1) is 15.4 Å². The number of fused-ring (bicyclic) bond motifs is 4. The Labute approximate surface area is 215 Å². The lowest BCUT2D eigenvalue weighted by Gasteiger charge is -2.27. The van der Waals surface area contributed by atoms with Crippen molar-refractivity contribution in [2.75, 3.05) is 11.1 Å². The van der Waals surface area contributed by atoms with Crippen LogP contribution in [-0.2, 0) is 16.1 Å². The molecule has 6 rings (SSSR count). The van der Waals surface area contributed by atoms with Crippen LogP contribution >= 0.6 is 31.9 Å². The Kier molecular flexibility index (Phi) is 5.26. The largest absolute Gasteiger partial charge is 0.383 e. The third kappa shape index (κ3) is 3.75. The van der Waals surface area contributed by atoms with Gasteiger partial charge >= 0.3 is 0 Å². The Morgan fingerprint density at radius 3 is 2.83 bits per heavy atom. The standard InChI is InChI=1S/C23H18Br2FN7O2/c24-12-6-11-15(7-13(12)26)32(22-20(11)21(27)28-9-29-22)8-19(34)33-14-4-10(14)5-16(33)23(35)31-18-3-1-2-17(25)30-18/h1-3,6-7,9-10,14,16H,4-5,8H2,(H2,27,28,29)(H,30,31,35)/t10-,14-,16+/m1/s1. The van der Waals surface area contributed by atoms with E-state index in [2.05, 4.69) is 52.1 Å². The zero-order valence-electron chi connectivity index (χ0n) is 18.1. The van der Waals surface area contributed by atoms with E-state index >= 15 is 0 Å². The number of halogens is 3. The smallest absolute Gasteiger partial charge is 0.248 e. The highest BCUT2D eigenvalue weighted by molar-refractivity contribution is 9.10. The number of nitrogens with one attached hydrogen (secondary N) is 1. The van der Waals surface area contributed by atoms with E-state index in [4.69, 9.17) is 5.73 Å². The minimum atomic E-state index is -0.606. The molecule has 1 saturated carbocycles. The molecule has 0 unspecified atom stereocenters. The van der Waals surface area contributed by atoms with Gasteiger partial charge in [0.1, 0.15) is 46.6 Å². The molecular weight excluding hydrogens is 585 g/mol. The quantitative estimate of drug-likeness (QED) is 0.343. The maximum atomic E-state index is 14.5. The molecule has 1 aliphatic carbocycles. The van der Waals surface area contributed by atoms with Gasteiger partial charge in [-0.05, 0) is 74.9 Å². The monoisotopic (exact) mass is 601 g/mol. The Balaban J connectivity index is 1.34. The molecule has 1 aliphatic heterocycles. The summed E-state index contributed by atoms with van der Waals surface area (Å²) in [5.41, 5.74) is 7.03. The molecule has 2 aliphatic rings. The molecule has 2 amide bonds. The first-order valence-electron chi connectivity index (χ1n) is 10.9. The van der Waals surface area contributed by atoms with Gasteiger partial charge in [-0.1, -0.05) is 6.07 Å². The van der Waals surface area contributed by atoms with Crippen LogP contribution in [0.2, 0.25) is 0 Å². The second-order valence-electron chi connectivity index (χ2n) is 8.78. The minimum absolute atomic E-state index is 0.0207. The summed E-state index contributed by atoms with van der Waals surface area (Å²) in [6.07, 6.45) is 2.78. The maximum absolute atomic E-state index is 14.5. The van der Waals surface area contributed by atoms with E-state index < -0.39 is 11.9 Å². The third-order valence-electron chi connectivity index (χ3n) is 6.67. The lowest BCUT2D eigenvalue weighted by molar-refractivity contribution is -0.138. The van der Waals surface area contributed by atoms with E-state index in [1.54, 1.807) is 33.7 Å². The van der Waals surface area contributed by atoms with E-state index in [9.17, 15) is 14.0 Å². The van der Waals surface area contributed by atoms with Crippen LogP contribution in [0.5, 0.6) is 0 Å². The predicted molar refractivity (Wildman–Crippen MR) is 135 cm³/mol. The second-order valence-corrected chi connectivity index (χ2v) is 10.4. The topological polar surface area (TPSA) is 119 Å². The Bertz CT molecular complexity index is 1540. The zero-order valence-corrected chi connectivity index (χ0v) is 21.3. The molecule has 3 atom stereocenters. The molecule has 178 valence electrons. The summed E-state index contributed by atoms with van der Waals surface area (Å²) >= 11 is 6.51. The lowest BCUT2D eigenvalue weighted by Crippen LogP contribution is -2.46. The molecule has 1 aromatic carbocycles. The van der Waals surface area contributed by atoms with Crippen LogP contribution in [0.4, 0.5) is 16.0 Å². The number of hydrogen-bond donors (Lipinski definition) is 2. The van der Waals surface area contributed by atoms with Crippen LogP contribution < -0.4 is 11.1 Å². The van der Waals surface area contributed by atoms with E-state index in [-0.39, 0.29) is 34.7 Å². The van der Waals surface area contributed by atoms with Gasteiger partial charge in [-0.25, -0.2) is 19.3 Å². The summed E-state index contributed by atoms with van der Waals surface area (Å²) < 4.78 is 17.0. The van der Waals surface area contributed by atoms with Crippen molar-refractivity contribution in [1.82, 2.24) is 24.4 Å². The number of nitrogens with zero attached hydrogens (tertiary/aromatic N) is 5. The van der Waals surface area contributed by atoms with Crippen LogP contribution in [0, 0.1) is 11.7 Å². The molecule has 0 spiro atoms. The third-order valence-corrected chi connectivity index (χ3v) is 7.72. The van der Waals surface area contributed by atoms with E-state index in [1.165, 1.54) is 12.4 Å². The summed E-state index contributed by atoms with van der Waals surface area (Å²) in [4.78, 5) is 41.0. The van der Waals surface area contributed by atoms with Crippen molar-refractivity contribution >= 4 is 77.2 Å². The highest BCUT2D eigenvalue weighted by atomic mass is 79.9. The summed E-state index contributed by atoms with van der Waals surface area (Å²) in [5, 5.41) is 4.01. The number of aromatic nitrogens is 4. The van der Waals surface area contributed by atoms with Crippen LogP contribution in [-0.4, -0.2) is 48.3 Å². The van der Waals surface area contributed by atoms with Crippen LogP contribution in [0.1, 0.15) is 12.8 Å². The number of hydrogen-bond acceptors (Lipinski definition) is 6. The number of anilines is 2. The van der Waals surface area contributed by atoms with E-state index in [0.717, 1.165) is 6.42 Å². The lowest BCUT2D eigenvalue weighted by atomic mass is 10.1. The Morgan fingerprint density at radius 2 is 2.03 bits per heavy atom. The number of amides is 2. The molecule has 9 nitrogen and oxygen atoms in total. The second kappa shape index (κ2) is 8.23. The molecule has 1 saturated heterocycles. The van der Waals surface area contributed by atoms with E-state index in [0.29, 0.717) is 44.7 Å². The normalized spacial score (nSPS) is 20.9. The molecule has 0 radical (unpaired) electrons. The van der Waals surface area contributed by atoms with Crippen molar-refractivity contribution in [2.45, 2.75) is 31.5 Å². The molecular formula is C23H18Br2FN7O2. The van der Waals surface area contributed by atoms with Crippen molar-refractivity contribution in [1.29, 1.82) is 0 Å². The fourth-order valence-electron chi connectivity index (χ4n) is 5.04. The van der Waals surface area contributed by atoms with E-state index in [1.807, 2.05) is 0 Å². The predicted octanol–water partition coefficient (Wildman–Crippen LogP) is 3.85. The molecule has 4 heterocycles. The first-order valence-corrected chi connectivity index (χ1v) is 12.5. The number of pyridine rings is 1. The molecule has 35 heavy (non-hydrogen) atoms. The van der Waals surface area contributed by atoms with Gasteiger partial charge in [0.2, 0.25) is 11.8 Å². The number of nitrogens with two attached hydrogens (primary N) is 1. The molecule has 2 fully saturated rings. The number of rotatable bonds is 4. The van der Waals surface area contributed by atoms with Crippen LogP contribution in [0.15, 0.2) is 45.7 Å². The Hall–Kier alpha value is -3.12. The Morgan fingerprint density at radius 1 is 1.20 bits per heavy atom. The summed E-state index contributed by atoms with van der Waals surface area (Å²) in [5.74, 6) is -0.0334. The number of likely N-dealkylation sites (tertiary alicyclic amines) is 1. The van der Waals surface area contributed by atoms with Crippen molar-refractivity contribution in [3.63, 3.8) is 0 Å². The van der Waals surface area contributed by atoms with Gasteiger partial charge < -0.3 is 20.5 Å². The van der Waals surface area contributed by atoms with Gasteiger partial charge in [0, 0.05) is 11.4 Å². The fraction of sp³-hybridized carbons (Fsp3) is 0.261. The van der Waals surface area contributed by atoms with Crippen LogP contribution in [0.25, 0.3) is 21.9 Å². The minimum Gasteiger partial charge on any atom is -0.383 e. The molecule has 3 N–H and O–H groups in total. The van der Waals surface area contributed by atoms with Gasteiger partial charge in [0.15, 0.2) is 0 Å². The highest BCUT2D eigenvalue weighted by Gasteiger charge is 2.56. The zero-order chi connectivity index (χ0) is 24.4. The summed E-state index contributed by atoms with van der Waals surface area (Å²) in [6.45, 7) is -0.111. The first-order chi connectivity index (χ1) is 16.8.